The van der Waals surface area contributed by atoms with E-state index in [4.69, 9.17) is 73.8 Å². The maximum absolute atomic E-state index is 12.7. The number of benzene rings is 2. The monoisotopic (exact) mass is 559 g/mol. The third-order valence-electron chi connectivity index (χ3n) is 3.78. The van der Waals surface area contributed by atoms with E-state index in [9.17, 15) is 8.42 Å². The summed E-state index contributed by atoms with van der Waals surface area (Å²) in [6.07, 6.45) is 0. The number of aryl methyl sites for hydroxylation is 1. The van der Waals surface area contributed by atoms with Gasteiger partial charge in [-0.3, -0.25) is 0 Å². The van der Waals surface area contributed by atoms with E-state index in [1.165, 1.54) is 24.3 Å². The Balaban J connectivity index is 2.13. The van der Waals surface area contributed by atoms with Gasteiger partial charge in [-0.15, -0.1) is 0 Å². The van der Waals surface area contributed by atoms with Gasteiger partial charge in [0.15, 0.2) is 23.2 Å². The Kier molecular flexibility index (Phi) is 7.18. The molecule has 0 saturated carbocycles. The van der Waals surface area contributed by atoms with Crippen molar-refractivity contribution in [2.45, 2.75) is 19.4 Å². The zero-order chi connectivity index (χ0) is 23.0. The first kappa shape index (κ1) is 24.6. The van der Waals surface area contributed by atoms with E-state index in [1.807, 2.05) is 6.92 Å². The second kappa shape index (κ2) is 9.06. The maximum atomic E-state index is 12.7. The van der Waals surface area contributed by atoms with Gasteiger partial charge in [0.25, 0.3) is 0 Å². The van der Waals surface area contributed by atoms with E-state index in [0.29, 0.717) is 0 Å². The summed E-state index contributed by atoms with van der Waals surface area (Å²) in [5.74, 6) is -0.841. The van der Waals surface area contributed by atoms with Crippen LogP contribution in [0.3, 0.4) is 0 Å². The molecule has 0 aliphatic rings. The minimum Gasteiger partial charge on any atom is -0.378 e. The van der Waals surface area contributed by atoms with Gasteiger partial charge >= 0.3 is 10.1 Å². The lowest BCUT2D eigenvalue weighted by atomic mass is 10.2. The molecule has 0 aliphatic carbocycles. The zero-order valence-electron chi connectivity index (χ0n) is 15.4. The van der Waals surface area contributed by atoms with Gasteiger partial charge in [0.1, 0.15) is 4.90 Å². The Morgan fingerprint density at radius 1 is 0.774 bits per heavy atom. The smallest absolute Gasteiger partial charge is 0.339 e. The van der Waals surface area contributed by atoms with Crippen molar-refractivity contribution in [2.24, 2.45) is 0 Å². The summed E-state index contributed by atoms with van der Waals surface area (Å²) >= 11 is 35.4. The van der Waals surface area contributed by atoms with Crippen molar-refractivity contribution in [2.75, 3.05) is 0 Å². The summed E-state index contributed by atoms with van der Waals surface area (Å²) in [5, 5.41) is 0. The molecule has 0 amide bonds. The highest BCUT2D eigenvalue weighted by Gasteiger charge is 2.34. The lowest BCUT2D eigenvalue weighted by Crippen LogP contribution is -2.17. The van der Waals surface area contributed by atoms with E-state index in [2.05, 4.69) is 15.0 Å². The number of halogens is 6. The molecule has 3 rings (SSSR count). The number of para-hydroxylation sites is 1. The average Bonchev–Trinajstić information content (AvgIpc) is 2.67. The van der Waals surface area contributed by atoms with Gasteiger partial charge in [-0.25, -0.2) is 15.0 Å². The van der Waals surface area contributed by atoms with Gasteiger partial charge in [0.05, 0.1) is 5.56 Å². The highest BCUT2D eigenvalue weighted by Crippen LogP contribution is 2.41. The van der Waals surface area contributed by atoms with Crippen LogP contribution in [-0.4, -0.2) is 23.4 Å². The van der Waals surface area contributed by atoms with Crippen molar-refractivity contribution in [1.82, 2.24) is 15.0 Å². The lowest BCUT2D eigenvalue weighted by Gasteiger charge is -2.17. The van der Waals surface area contributed by atoms with Crippen molar-refractivity contribution in [3.8, 4) is 17.1 Å². The molecule has 2 aromatic carbocycles. The summed E-state index contributed by atoms with van der Waals surface area (Å²) in [6.45, 7) is 1.83. The third kappa shape index (κ3) is 6.05. The fraction of sp³-hybridized carbons (Fsp3) is 0.167. The average molecular weight is 562 g/mol. The summed E-state index contributed by atoms with van der Waals surface area (Å²) < 4.78 is 26.7. The predicted molar refractivity (Wildman–Crippen MR) is 123 cm³/mol. The number of nitrogens with zero attached hydrogens (tertiary/aromatic N) is 3. The first-order valence-electron chi connectivity index (χ1n) is 8.28. The SMILES string of the molecule is Cc1ccc(S(=O)(=O)Oc2ccccc2-c2nc(C(Cl)(Cl)Cl)nc(C(Cl)(Cl)Cl)n2)cc1. The van der Waals surface area contributed by atoms with Crippen molar-refractivity contribution >= 4 is 79.7 Å². The molecule has 0 bridgehead atoms. The van der Waals surface area contributed by atoms with Crippen LogP contribution in [0.25, 0.3) is 11.4 Å². The molecule has 0 radical (unpaired) electrons. The fourth-order valence-electron chi connectivity index (χ4n) is 2.35. The molecule has 0 N–H and O–H groups in total. The van der Waals surface area contributed by atoms with Gasteiger partial charge in [-0.05, 0) is 31.2 Å². The molecule has 31 heavy (non-hydrogen) atoms. The molecule has 0 spiro atoms. The molecule has 0 atom stereocenters. The molecule has 6 nitrogen and oxygen atoms in total. The molecular weight excluding hydrogens is 551 g/mol. The lowest BCUT2D eigenvalue weighted by molar-refractivity contribution is 0.486. The zero-order valence-corrected chi connectivity index (χ0v) is 20.7. The molecule has 3 aromatic rings. The standard InChI is InChI=1S/C18H11Cl6N3O3S/c1-10-6-8-11(9-7-10)31(28,29)30-13-5-3-2-4-12(13)14-25-15(17(19,20)21)27-16(26-14)18(22,23)24/h2-9H,1H3. The van der Waals surface area contributed by atoms with Crippen LogP contribution in [0.2, 0.25) is 0 Å². The van der Waals surface area contributed by atoms with E-state index in [1.54, 1.807) is 24.3 Å². The summed E-state index contributed by atoms with van der Waals surface area (Å²) in [7, 11) is -4.17. The number of aromatic nitrogens is 3. The van der Waals surface area contributed by atoms with Crippen LogP contribution >= 0.6 is 69.6 Å². The Hall–Kier alpha value is -1.06. The van der Waals surface area contributed by atoms with E-state index in [-0.39, 0.29) is 33.7 Å². The predicted octanol–water partition coefficient (Wildman–Crippen LogP) is 6.27. The molecule has 1 aromatic heterocycles. The topological polar surface area (TPSA) is 82.0 Å². The van der Waals surface area contributed by atoms with Crippen molar-refractivity contribution < 1.29 is 12.6 Å². The molecule has 1 heterocycles. The van der Waals surface area contributed by atoms with Crippen LogP contribution in [0.5, 0.6) is 5.75 Å². The fourth-order valence-corrected chi connectivity index (χ4v) is 3.80. The molecule has 0 fully saturated rings. The van der Waals surface area contributed by atoms with Gasteiger partial charge in [-0.1, -0.05) is 99.4 Å². The van der Waals surface area contributed by atoms with Gasteiger partial charge in [0.2, 0.25) is 7.59 Å². The second-order valence-electron chi connectivity index (χ2n) is 6.15. The molecule has 164 valence electrons. The summed E-state index contributed by atoms with van der Waals surface area (Å²) in [6, 6.07) is 12.2. The Labute approximate surface area is 208 Å². The van der Waals surface area contributed by atoms with Crippen molar-refractivity contribution in [1.29, 1.82) is 0 Å². The van der Waals surface area contributed by atoms with Crippen molar-refractivity contribution in [3.05, 3.63) is 65.7 Å². The number of rotatable bonds is 4. The number of hydrogen-bond acceptors (Lipinski definition) is 6. The molecule has 0 unspecified atom stereocenters. The first-order valence-corrected chi connectivity index (χ1v) is 12.0. The summed E-state index contributed by atoms with van der Waals surface area (Å²) in [5.41, 5.74) is 1.04. The quantitative estimate of drug-likeness (QED) is 0.276. The van der Waals surface area contributed by atoms with Gasteiger partial charge in [-0.2, -0.15) is 8.42 Å². The van der Waals surface area contributed by atoms with Crippen molar-refractivity contribution in [3.63, 3.8) is 0 Å². The Bertz CT molecular complexity index is 1180. The maximum Gasteiger partial charge on any atom is 0.339 e. The Morgan fingerprint density at radius 3 is 1.81 bits per heavy atom. The third-order valence-corrected chi connectivity index (χ3v) is 6.04. The molecular formula is C18H11Cl6N3O3S. The number of hydrogen-bond donors (Lipinski definition) is 0. The normalized spacial score (nSPS) is 12.6. The highest BCUT2D eigenvalue weighted by molar-refractivity contribution is 7.87. The van der Waals surface area contributed by atoms with Crippen LogP contribution in [0.15, 0.2) is 53.4 Å². The largest absolute Gasteiger partial charge is 0.378 e. The van der Waals surface area contributed by atoms with E-state index < -0.39 is 17.7 Å². The molecule has 0 saturated heterocycles. The minimum absolute atomic E-state index is 0.0347. The number of alkyl halides is 6. The summed E-state index contributed by atoms with van der Waals surface area (Å²) in [4.78, 5) is 12.0. The van der Waals surface area contributed by atoms with Crippen LogP contribution in [-0.2, 0) is 17.7 Å². The Morgan fingerprint density at radius 2 is 1.29 bits per heavy atom. The van der Waals surface area contributed by atoms with Crippen LogP contribution in [0, 0.1) is 6.92 Å². The first-order chi connectivity index (χ1) is 14.3. The van der Waals surface area contributed by atoms with Gasteiger partial charge < -0.3 is 4.18 Å². The molecule has 0 aliphatic heterocycles. The van der Waals surface area contributed by atoms with E-state index >= 15 is 0 Å². The second-order valence-corrected chi connectivity index (χ2v) is 12.3. The molecule has 13 heteroatoms. The minimum atomic E-state index is -4.17. The van der Waals surface area contributed by atoms with Crippen LogP contribution < -0.4 is 4.18 Å². The highest BCUT2D eigenvalue weighted by atomic mass is 35.6. The van der Waals surface area contributed by atoms with Crippen LogP contribution in [0.4, 0.5) is 0 Å². The van der Waals surface area contributed by atoms with Crippen LogP contribution in [0.1, 0.15) is 17.2 Å². The van der Waals surface area contributed by atoms with Gasteiger partial charge in [0, 0.05) is 0 Å². The van der Waals surface area contributed by atoms with E-state index in [0.717, 1.165) is 5.56 Å².